The molecule has 0 radical (unpaired) electrons. The van der Waals surface area contributed by atoms with Gasteiger partial charge in [-0.2, -0.15) is 0 Å². The molecule has 1 N–H and O–H groups in total. The summed E-state index contributed by atoms with van der Waals surface area (Å²) in [5.74, 6) is 0. The highest BCUT2D eigenvalue weighted by atomic mass is 16.6. The Morgan fingerprint density at radius 1 is 1.38 bits per heavy atom. The normalized spacial score (nSPS) is 13.4. The van der Waals surface area contributed by atoms with Crippen LogP contribution in [0.25, 0.3) is 0 Å². The van der Waals surface area contributed by atoms with E-state index in [1.807, 2.05) is 34.6 Å². The van der Waals surface area contributed by atoms with Crippen molar-refractivity contribution in [2.24, 2.45) is 0 Å². The lowest BCUT2D eigenvalue weighted by Crippen LogP contribution is -2.38. The van der Waals surface area contributed by atoms with Gasteiger partial charge in [0.05, 0.1) is 6.10 Å². The molecule has 0 saturated carbocycles. The van der Waals surface area contributed by atoms with Gasteiger partial charge < -0.3 is 14.7 Å². The fourth-order valence-corrected chi connectivity index (χ4v) is 1.21. The van der Waals surface area contributed by atoms with Gasteiger partial charge in [0, 0.05) is 13.1 Å². The summed E-state index contributed by atoms with van der Waals surface area (Å²) in [5, 5.41) is 9.44. The number of hydrogen-bond donors (Lipinski definition) is 1. The Hall–Kier alpha value is -0.770. The van der Waals surface area contributed by atoms with Gasteiger partial charge in [-0.15, -0.1) is 0 Å². The van der Waals surface area contributed by atoms with E-state index < -0.39 is 5.60 Å². The number of nitrogens with zero attached hydrogens (tertiary/aromatic N) is 1. The van der Waals surface area contributed by atoms with E-state index in [-0.39, 0.29) is 12.2 Å². The maximum atomic E-state index is 11.7. The number of amides is 1. The first-order chi connectivity index (χ1) is 7.30. The van der Waals surface area contributed by atoms with Gasteiger partial charge in [-0.05, 0) is 40.5 Å². The number of ether oxygens (including phenoxy) is 1. The van der Waals surface area contributed by atoms with Crippen LogP contribution in [0.15, 0.2) is 0 Å². The average molecular weight is 231 g/mol. The SMILES string of the molecule is CCC(O)CCN(CC)C(=O)OC(C)(C)C. The quantitative estimate of drug-likeness (QED) is 0.790. The molecule has 0 aromatic heterocycles. The predicted molar refractivity (Wildman–Crippen MR) is 64.4 cm³/mol. The van der Waals surface area contributed by atoms with Crippen molar-refractivity contribution in [2.45, 2.75) is 59.2 Å². The summed E-state index contributed by atoms with van der Waals surface area (Å²) in [6.07, 6.45) is 0.671. The predicted octanol–water partition coefficient (Wildman–Crippen LogP) is 2.40. The van der Waals surface area contributed by atoms with Crippen molar-refractivity contribution >= 4 is 6.09 Å². The first kappa shape index (κ1) is 15.2. The van der Waals surface area contributed by atoms with Crippen LogP contribution in [0.3, 0.4) is 0 Å². The summed E-state index contributed by atoms with van der Waals surface area (Å²) in [6, 6.07) is 0. The highest BCUT2D eigenvalue weighted by Gasteiger charge is 2.21. The Bertz CT molecular complexity index is 211. The molecular weight excluding hydrogens is 206 g/mol. The second-order valence-corrected chi connectivity index (χ2v) is 4.91. The van der Waals surface area contributed by atoms with Crippen LogP contribution in [-0.4, -0.2) is 40.9 Å². The molecule has 4 nitrogen and oxygen atoms in total. The van der Waals surface area contributed by atoms with Crippen LogP contribution in [0.4, 0.5) is 4.79 Å². The van der Waals surface area contributed by atoms with E-state index in [0.717, 1.165) is 0 Å². The molecule has 0 rings (SSSR count). The van der Waals surface area contributed by atoms with Crippen molar-refractivity contribution in [3.05, 3.63) is 0 Å². The fraction of sp³-hybridized carbons (Fsp3) is 0.917. The summed E-state index contributed by atoms with van der Waals surface area (Å²) in [5.41, 5.74) is -0.464. The van der Waals surface area contributed by atoms with E-state index >= 15 is 0 Å². The average Bonchev–Trinajstić information content (AvgIpc) is 2.15. The zero-order chi connectivity index (χ0) is 12.8. The van der Waals surface area contributed by atoms with Crippen LogP contribution in [0.1, 0.15) is 47.5 Å². The summed E-state index contributed by atoms with van der Waals surface area (Å²) < 4.78 is 5.26. The number of hydrogen-bond acceptors (Lipinski definition) is 3. The van der Waals surface area contributed by atoms with Crippen LogP contribution in [0.5, 0.6) is 0 Å². The Morgan fingerprint density at radius 2 is 1.94 bits per heavy atom. The molecule has 4 heteroatoms. The Balaban J connectivity index is 4.12. The lowest BCUT2D eigenvalue weighted by atomic mass is 10.2. The molecule has 0 bridgehead atoms. The van der Waals surface area contributed by atoms with Crippen molar-refractivity contribution in [3.63, 3.8) is 0 Å². The molecule has 0 fully saturated rings. The highest BCUT2D eigenvalue weighted by molar-refractivity contribution is 5.68. The van der Waals surface area contributed by atoms with Crippen molar-refractivity contribution in [1.82, 2.24) is 4.90 Å². The molecule has 1 amide bonds. The maximum Gasteiger partial charge on any atom is 0.410 e. The van der Waals surface area contributed by atoms with Gasteiger partial charge >= 0.3 is 6.09 Å². The fourth-order valence-electron chi connectivity index (χ4n) is 1.21. The largest absolute Gasteiger partial charge is 0.444 e. The van der Waals surface area contributed by atoms with E-state index in [4.69, 9.17) is 4.74 Å². The van der Waals surface area contributed by atoms with Gasteiger partial charge in [0.15, 0.2) is 0 Å². The van der Waals surface area contributed by atoms with Crippen LogP contribution in [-0.2, 0) is 4.74 Å². The van der Waals surface area contributed by atoms with Crippen LogP contribution < -0.4 is 0 Å². The molecule has 1 unspecified atom stereocenters. The zero-order valence-electron chi connectivity index (χ0n) is 11.1. The first-order valence-electron chi connectivity index (χ1n) is 5.96. The van der Waals surface area contributed by atoms with E-state index in [0.29, 0.717) is 25.9 Å². The third-order valence-electron chi connectivity index (χ3n) is 2.24. The van der Waals surface area contributed by atoms with Crippen molar-refractivity contribution in [3.8, 4) is 0 Å². The molecule has 1 atom stereocenters. The summed E-state index contributed by atoms with van der Waals surface area (Å²) in [7, 11) is 0. The molecular formula is C12H25NO3. The van der Waals surface area contributed by atoms with Gasteiger partial charge in [0.2, 0.25) is 0 Å². The first-order valence-corrected chi connectivity index (χ1v) is 5.96. The molecule has 0 aromatic rings. The van der Waals surface area contributed by atoms with E-state index in [1.165, 1.54) is 0 Å². The number of carbonyl (C=O) groups is 1. The molecule has 0 heterocycles. The Morgan fingerprint density at radius 3 is 2.31 bits per heavy atom. The third kappa shape index (κ3) is 6.67. The topological polar surface area (TPSA) is 49.8 Å². The maximum absolute atomic E-state index is 11.7. The third-order valence-corrected chi connectivity index (χ3v) is 2.24. The van der Waals surface area contributed by atoms with E-state index in [1.54, 1.807) is 4.90 Å². The standard InChI is InChI=1S/C12H25NO3/c1-6-10(14)8-9-13(7-2)11(15)16-12(3,4)5/h10,14H,6-9H2,1-5H3. The van der Waals surface area contributed by atoms with Gasteiger partial charge in [0.1, 0.15) is 5.60 Å². The molecule has 0 aliphatic rings. The molecule has 0 saturated heterocycles. The second kappa shape index (κ2) is 6.74. The Labute approximate surface area is 98.6 Å². The van der Waals surface area contributed by atoms with Crippen LogP contribution in [0.2, 0.25) is 0 Å². The van der Waals surface area contributed by atoms with E-state index in [9.17, 15) is 9.90 Å². The minimum absolute atomic E-state index is 0.307. The molecule has 0 aliphatic heterocycles. The van der Waals surface area contributed by atoms with Crippen molar-refractivity contribution < 1.29 is 14.6 Å². The number of carbonyl (C=O) groups excluding carboxylic acids is 1. The smallest absolute Gasteiger partial charge is 0.410 e. The van der Waals surface area contributed by atoms with Crippen LogP contribution in [0, 0.1) is 0 Å². The van der Waals surface area contributed by atoms with Gasteiger partial charge in [-0.1, -0.05) is 6.92 Å². The van der Waals surface area contributed by atoms with Gasteiger partial charge in [-0.25, -0.2) is 4.79 Å². The summed E-state index contributed by atoms with van der Waals surface area (Å²) in [4.78, 5) is 13.3. The molecule has 16 heavy (non-hydrogen) atoms. The highest BCUT2D eigenvalue weighted by Crippen LogP contribution is 2.10. The summed E-state index contributed by atoms with van der Waals surface area (Å²) >= 11 is 0. The van der Waals surface area contributed by atoms with Gasteiger partial charge in [-0.3, -0.25) is 0 Å². The molecule has 0 spiro atoms. The molecule has 0 aliphatic carbocycles. The summed E-state index contributed by atoms with van der Waals surface area (Å²) in [6.45, 7) is 10.5. The van der Waals surface area contributed by atoms with Crippen molar-refractivity contribution in [2.75, 3.05) is 13.1 Å². The minimum Gasteiger partial charge on any atom is -0.444 e. The zero-order valence-corrected chi connectivity index (χ0v) is 11.1. The van der Waals surface area contributed by atoms with Gasteiger partial charge in [0.25, 0.3) is 0 Å². The number of rotatable bonds is 5. The second-order valence-electron chi connectivity index (χ2n) is 4.91. The molecule has 0 aromatic carbocycles. The van der Waals surface area contributed by atoms with E-state index in [2.05, 4.69) is 0 Å². The number of aliphatic hydroxyl groups excluding tert-OH is 1. The van der Waals surface area contributed by atoms with Crippen molar-refractivity contribution in [1.29, 1.82) is 0 Å². The lowest BCUT2D eigenvalue weighted by molar-refractivity contribution is 0.0232. The number of aliphatic hydroxyl groups is 1. The lowest BCUT2D eigenvalue weighted by Gasteiger charge is -2.27. The van der Waals surface area contributed by atoms with Crippen LogP contribution >= 0.6 is 0 Å². The Kier molecular flexibility index (Phi) is 6.41. The monoisotopic (exact) mass is 231 g/mol. The molecule has 96 valence electrons. The minimum atomic E-state index is -0.464.